The molecule has 0 aromatic carbocycles. The lowest BCUT2D eigenvalue weighted by atomic mass is 9.95. The van der Waals surface area contributed by atoms with Gasteiger partial charge in [-0.25, -0.2) is 9.97 Å². The first kappa shape index (κ1) is 13.9. The molecule has 2 aromatic heterocycles. The molecule has 0 saturated heterocycles. The average Bonchev–Trinajstić information content (AvgIpc) is 2.91. The van der Waals surface area contributed by atoms with Crippen LogP contribution >= 0.6 is 11.8 Å². The van der Waals surface area contributed by atoms with Gasteiger partial charge in [0.05, 0.1) is 11.3 Å². The van der Waals surface area contributed by atoms with Gasteiger partial charge in [-0.05, 0) is 56.0 Å². The van der Waals surface area contributed by atoms with Crippen molar-refractivity contribution in [3.05, 3.63) is 34.8 Å². The quantitative estimate of drug-likeness (QED) is 0.391. The number of amidine groups is 1. The third-order valence-corrected chi connectivity index (χ3v) is 4.30. The predicted octanol–water partition coefficient (Wildman–Crippen LogP) is 2.50. The fourth-order valence-corrected chi connectivity index (χ4v) is 3.27. The summed E-state index contributed by atoms with van der Waals surface area (Å²) in [5.41, 5.74) is 9.47. The molecule has 1 aliphatic rings. The monoisotopic (exact) mass is 304 g/mol. The van der Waals surface area contributed by atoms with Gasteiger partial charge in [0.1, 0.15) is 11.3 Å². The highest BCUT2D eigenvalue weighted by Gasteiger charge is 2.19. The highest BCUT2D eigenvalue weighted by Crippen LogP contribution is 2.31. The van der Waals surface area contributed by atoms with E-state index in [1.54, 1.807) is 6.26 Å². The van der Waals surface area contributed by atoms with Crippen LogP contribution < -0.4 is 5.73 Å². The Morgan fingerprint density at radius 2 is 2.19 bits per heavy atom. The normalized spacial score (nSPS) is 15.0. The Labute approximate surface area is 126 Å². The van der Waals surface area contributed by atoms with Crippen molar-refractivity contribution in [2.24, 2.45) is 10.9 Å². The third-order valence-electron chi connectivity index (χ3n) is 3.43. The lowest BCUT2D eigenvalue weighted by molar-refractivity contribution is 0.318. The first-order valence-corrected chi connectivity index (χ1v) is 7.59. The minimum absolute atomic E-state index is 0.0571. The fraction of sp³-hybridized carbons (Fsp3) is 0.357. The zero-order valence-corrected chi connectivity index (χ0v) is 12.5. The lowest BCUT2D eigenvalue weighted by Gasteiger charge is -2.17. The number of fused-ring (bicyclic) bond motifs is 1. The topological polar surface area (TPSA) is 97.5 Å². The predicted molar refractivity (Wildman–Crippen MR) is 78.8 cm³/mol. The van der Waals surface area contributed by atoms with E-state index in [2.05, 4.69) is 15.1 Å². The average molecular weight is 304 g/mol. The number of hydrogen-bond acceptors (Lipinski definition) is 6. The second-order valence-corrected chi connectivity index (χ2v) is 5.94. The number of hydrogen-bond donors (Lipinski definition) is 2. The summed E-state index contributed by atoms with van der Waals surface area (Å²) in [6, 6.07) is 1.97. The van der Waals surface area contributed by atoms with Gasteiger partial charge in [-0.15, -0.1) is 0 Å². The molecular weight excluding hydrogens is 288 g/mol. The molecule has 1 aliphatic carbocycles. The molecule has 0 fully saturated rings. The molecule has 110 valence electrons. The van der Waals surface area contributed by atoms with Crippen molar-refractivity contribution in [3.8, 4) is 0 Å². The first-order valence-electron chi connectivity index (χ1n) is 6.78. The summed E-state index contributed by atoms with van der Waals surface area (Å²) in [6.07, 6.45) is 5.83. The molecule has 0 amide bonds. The molecule has 0 atom stereocenters. The molecule has 21 heavy (non-hydrogen) atoms. The summed E-state index contributed by atoms with van der Waals surface area (Å²) in [6.45, 7) is 1.86. The Morgan fingerprint density at radius 1 is 1.38 bits per heavy atom. The van der Waals surface area contributed by atoms with Gasteiger partial charge in [-0.1, -0.05) is 5.16 Å². The Kier molecular flexibility index (Phi) is 3.83. The van der Waals surface area contributed by atoms with Gasteiger partial charge < -0.3 is 15.4 Å². The molecule has 6 nitrogen and oxygen atoms in total. The summed E-state index contributed by atoms with van der Waals surface area (Å²) in [5.74, 6) is 0.0571. The molecule has 0 spiro atoms. The van der Waals surface area contributed by atoms with Gasteiger partial charge in [0, 0.05) is 5.69 Å². The number of oxazole rings is 1. The standard InChI is InChI=1S/C14H16N4O2S/c1-8-7-20-14(16-8)21-13-10(12(15)18-19)6-9-4-2-3-5-11(9)17-13/h6-7,19H,2-5H2,1H3,(H2,15,18). The number of aromatic nitrogens is 2. The maximum absolute atomic E-state index is 8.97. The minimum atomic E-state index is 0.0571. The number of pyridine rings is 1. The largest absolute Gasteiger partial charge is 0.439 e. The second kappa shape index (κ2) is 5.77. The first-order chi connectivity index (χ1) is 10.2. The molecule has 0 radical (unpaired) electrons. The highest BCUT2D eigenvalue weighted by molar-refractivity contribution is 7.99. The smallest absolute Gasteiger partial charge is 0.262 e. The van der Waals surface area contributed by atoms with Crippen LogP contribution in [0.5, 0.6) is 0 Å². The van der Waals surface area contributed by atoms with Crippen LogP contribution in [0.15, 0.2) is 32.2 Å². The van der Waals surface area contributed by atoms with Crippen LogP contribution in [0.4, 0.5) is 0 Å². The number of rotatable bonds is 3. The van der Waals surface area contributed by atoms with E-state index >= 15 is 0 Å². The van der Waals surface area contributed by atoms with Crippen molar-refractivity contribution >= 4 is 17.6 Å². The van der Waals surface area contributed by atoms with Crippen molar-refractivity contribution in [1.82, 2.24) is 9.97 Å². The molecule has 2 aromatic rings. The summed E-state index contributed by atoms with van der Waals surface area (Å²) < 4.78 is 5.35. The number of nitrogens with two attached hydrogens (primary N) is 1. The van der Waals surface area contributed by atoms with E-state index in [0.29, 0.717) is 15.8 Å². The Hall–Kier alpha value is -2.02. The van der Waals surface area contributed by atoms with Crippen molar-refractivity contribution < 1.29 is 9.62 Å². The minimum Gasteiger partial charge on any atom is -0.439 e. The summed E-state index contributed by atoms with van der Waals surface area (Å²) >= 11 is 1.29. The zero-order valence-electron chi connectivity index (χ0n) is 11.7. The third kappa shape index (κ3) is 2.87. The van der Waals surface area contributed by atoms with E-state index in [1.165, 1.54) is 17.3 Å². The van der Waals surface area contributed by atoms with Crippen molar-refractivity contribution in [3.63, 3.8) is 0 Å². The molecule has 0 bridgehead atoms. The van der Waals surface area contributed by atoms with Crippen molar-refractivity contribution in [2.45, 2.75) is 42.9 Å². The van der Waals surface area contributed by atoms with Crippen LogP contribution in [-0.2, 0) is 12.8 Å². The van der Waals surface area contributed by atoms with Crippen LogP contribution in [0.25, 0.3) is 0 Å². The van der Waals surface area contributed by atoms with E-state index < -0.39 is 0 Å². The Bertz CT molecular complexity index is 696. The van der Waals surface area contributed by atoms with Crippen LogP contribution in [0.2, 0.25) is 0 Å². The van der Waals surface area contributed by atoms with E-state index in [9.17, 15) is 0 Å². The molecule has 0 aliphatic heterocycles. The Morgan fingerprint density at radius 3 is 2.90 bits per heavy atom. The van der Waals surface area contributed by atoms with Crippen molar-refractivity contribution in [1.29, 1.82) is 0 Å². The number of nitrogens with zero attached hydrogens (tertiary/aromatic N) is 3. The summed E-state index contributed by atoms with van der Waals surface area (Å²) in [4.78, 5) is 8.94. The van der Waals surface area contributed by atoms with Gasteiger partial charge in [-0.2, -0.15) is 0 Å². The van der Waals surface area contributed by atoms with Gasteiger partial charge in [0.2, 0.25) is 0 Å². The maximum atomic E-state index is 8.97. The van der Waals surface area contributed by atoms with E-state index in [1.807, 2.05) is 13.0 Å². The molecule has 0 unspecified atom stereocenters. The number of aryl methyl sites for hydroxylation is 3. The number of oxime groups is 1. The van der Waals surface area contributed by atoms with E-state index in [4.69, 9.17) is 15.4 Å². The van der Waals surface area contributed by atoms with Crippen molar-refractivity contribution in [2.75, 3.05) is 0 Å². The molecule has 0 saturated carbocycles. The van der Waals surface area contributed by atoms with E-state index in [-0.39, 0.29) is 5.84 Å². The molecule has 3 N–H and O–H groups in total. The zero-order chi connectivity index (χ0) is 14.8. The van der Waals surface area contributed by atoms with Crippen LogP contribution in [0, 0.1) is 6.92 Å². The molecular formula is C14H16N4O2S. The van der Waals surface area contributed by atoms with Gasteiger partial charge in [0.25, 0.3) is 5.22 Å². The lowest BCUT2D eigenvalue weighted by Crippen LogP contribution is -2.17. The SMILES string of the molecule is Cc1coc(Sc2nc3c(cc2C(N)=NO)CCCC3)n1. The molecule has 7 heteroatoms. The van der Waals surface area contributed by atoms with Gasteiger partial charge >= 0.3 is 0 Å². The van der Waals surface area contributed by atoms with Gasteiger partial charge in [0.15, 0.2) is 5.84 Å². The Balaban J connectivity index is 2.03. The van der Waals surface area contributed by atoms with Crippen LogP contribution in [0.3, 0.4) is 0 Å². The highest BCUT2D eigenvalue weighted by atomic mass is 32.2. The molecule has 3 rings (SSSR count). The summed E-state index contributed by atoms with van der Waals surface area (Å²) in [7, 11) is 0. The van der Waals surface area contributed by atoms with Crippen LogP contribution in [-0.4, -0.2) is 21.0 Å². The second-order valence-electron chi connectivity index (χ2n) is 5.00. The maximum Gasteiger partial charge on any atom is 0.262 e. The van der Waals surface area contributed by atoms with E-state index in [0.717, 1.165) is 37.1 Å². The fourth-order valence-electron chi connectivity index (χ4n) is 2.39. The summed E-state index contributed by atoms with van der Waals surface area (Å²) in [5, 5.41) is 13.2. The van der Waals surface area contributed by atoms with Gasteiger partial charge in [-0.3, -0.25) is 0 Å². The molecule has 2 heterocycles. The van der Waals surface area contributed by atoms with Crippen LogP contribution in [0.1, 0.15) is 35.4 Å².